The quantitative estimate of drug-likeness (QED) is 0.604. The molecule has 0 aliphatic heterocycles. The monoisotopic (exact) mass is 328 g/mol. The third-order valence-electron chi connectivity index (χ3n) is 3.93. The second-order valence-electron chi connectivity index (χ2n) is 5.59. The van der Waals surface area contributed by atoms with Crippen molar-refractivity contribution in [2.24, 2.45) is 0 Å². The van der Waals surface area contributed by atoms with E-state index in [0.29, 0.717) is 18.5 Å². The zero-order valence-corrected chi connectivity index (χ0v) is 13.4. The van der Waals surface area contributed by atoms with Gasteiger partial charge in [-0.25, -0.2) is 0 Å². The highest BCUT2D eigenvalue weighted by molar-refractivity contribution is 5.95. The first kappa shape index (κ1) is 17.6. The number of nitrogens with zero attached hydrogens (tertiary/aromatic N) is 1. The van der Waals surface area contributed by atoms with Gasteiger partial charge in [0.25, 0.3) is 11.6 Å². The molecule has 6 heteroatoms. The summed E-state index contributed by atoms with van der Waals surface area (Å²) >= 11 is 0. The van der Waals surface area contributed by atoms with Gasteiger partial charge in [-0.3, -0.25) is 14.9 Å². The van der Waals surface area contributed by atoms with E-state index < -0.39 is 4.92 Å². The van der Waals surface area contributed by atoms with Crippen molar-refractivity contribution in [2.45, 2.75) is 19.3 Å². The average Bonchev–Trinajstić information content (AvgIpc) is 2.59. The van der Waals surface area contributed by atoms with Gasteiger partial charge in [0.05, 0.1) is 4.92 Å². The van der Waals surface area contributed by atoms with Crippen LogP contribution in [0.5, 0.6) is 0 Å². The maximum Gasteiger partial charge on any atom is 0.273 e. The fourth-order valence-corrected chi connectivity index (χ4v) is 2.53. The number of carbonyl (C=O) groups excluding carboxylic acids is 1. The van der Waals surface area contributed by atoms with Crippen molar-refractivity contribution in [3.05, 3.63) is 75.3 Å². The minimum absolute atomic E-state index is 0.0133. The van der Waals surface area contributed by atoms with E-state index in [4.69, 9.17) is 0 Å². The molecular formula is C18H20N2O4. The Hall–Kier alpha value is -2.73. The predicted octanol–water partition coefficient (Wildman–Crippen LogP) is 2.80. The maximum absolute atomic E-state index is 12.3. The second kappa shape index (κ2) is 8.21. The molecular weight excluding hydrogens is 308 g/mol. The van der Waals surface area contributed by atoms with Crippen molar-refractivity contribution in [2.75, 3.05) is 13.2 Å². The number of amides is 1. The molecule has 0 aliphatic carbocycles. The van der Waals surface area contributed by atoms with E-state index >= 15 is 0 Å². The number of hydrogen-bond donors (Lipinski definition) is 2. The number of benzene rings is 2. The summed E-state index contributed by atoms with van der Waals surface area (Å²) in [5, 5.41) is 23.0. The highest BCUT2D eigenvalue weighted by Gasteiger charge is 2.17. The molecule has 1 amide bonds. The SMILES string of the molecule is Cc1ccc(C(=O)NCC(CCO)c2ccccc2)cc1[N+](=O)[O-]. The number of aryl methyl sites for hydroxylation is 1. The van der Waals surface area contributed by atoms with Crippen molar-refractivity contribution < 1.29 is 14.8 Å². The van der Waals surface area contributed by atoms with Gasteiger partial charge in [0.15, 0.2) is 0 Å². The van der Waals surface area contributed by atoms with Gasteiger partial charge in [-0.15, -0.1) is 0 Å². The smallest absolute Gasteiger partial charge is 0.273 e. The van der Waals surface area contributed by atoms with E-state index in [1.54, 1.807) is 19.1 Å². The number of aliphatic hydroxyl groups is 1. The van der Waals surface area contributed by atoms with Gasteiger partial charge in [0.2, 0.25) is 0 Å². The van der Waals surface area contributed by atoms with Gasteiger partial charge < -0.3 is 10.4 Å². The van der Waals surface area contributed by atoms with Crippen LogP contribution in [0.25, 0.3) is 0 Å². The fraction of sp³-hybridized carbons (Fsp3) is 0.278. The Morgan fingerprint density at radius 3 is 2.58 bits per heavy atom. The first-order valence-corrected chi connectivity index (χ1v) is 7.72. The van der Waals surface area contributed by atoms with Crippen molar-refractivity contribution in [1.29, 1.82) is 0 Å². The number of aliphatic hydroxyl groups excluding tert-OH is 1. The third kappa shape index (κ3) is 4.39. The van der Waals surface area contributed by atoms with Crippen LogP contribution in [0.15, 0.2) is 48.5 Å². The van der Waals surface area contributed by atoms with Crippen LogP contribution in [-0.2, 0) is 0 Å². The van der Waals surface area contributed by atoms with Crippen molar-refractivity contribution >= 4 is 11.6 Å². The Bertz CT molecular complexity index is 716. The van der Waals surface area contributed by atoms with E-state index in [-0.39, 0.29) is 29.7 Å². The summed E-state index contributed by atoms with van der Waals surface area (Å²) in [6.45, 7) is 2.00. The number of nitro benzene ring substituents is 1. The van der Waals surface area contributed by atoms with Crippen molar-refractivity contribution in [3.63, 3.8) is 0 Å². The molecule has 0 radical (unpaired) electrons. The molecule has 126 valence electrons. The normalized spacial score (nSPS) is 11.8. The van der Waals surface area contributed by atoms with Gasteiger partial charge in [0, 0.05) is 36.3 Å². The van der Waals surface area contributed by atoms with Crippen LogP contribution < -0.4 is 5.32 Å². The molecule has 2 aromatic carbocycles. The van der Waals surface area contributed by atoms with Crippen LogP contribution in [0.1, 0.15) is 33.8 Å². The summed E-state index contributed by atoms with van der Waals surface area (Å²) in [6.07, 6.45) is 0.526. The largest absolute Gasteiger partial charge is 0.396 e. The summed E-state index contributed by atoms with van der Waals surface area (Å²) in [4.78, 5) is 22.8. The van der Waals surface area contributed by atoms with E-state index in [1.165, 1.54) is 6.07 Å². The van der Waals surface area contributed by atoms with Crippen molar-refractivity contribution in [3.8, 4) is 0 Å². The Kier molecular flexibility index (Phi) is 6.03. The molecule has 1 atom stereocenters. The molecule has 0 heterocycles. The Labute approximate surface area is 140 Å². The zero-order chi connectivity index (χ0) is 17.5. The van der Waals surface area contributed by atoms with Crippen LogP contribution in [0.3, 0.4) is 0 Å². The van der Waals surface area contributed by atoms with Crippen LogP contribution in [0.4, 0.5) is 5.69 Å². The van der Waals surface area contributed by atoms with E-state index in [0.717, 1.165) is 5.56 Å². The van der Waals surface area contributed by atoms with E-state index in [1.807, 2.05) is 30.3 Å². The number of nitrogens with one attached hydrogen (secondary N) is 1. The number of nitro groups is 1. The first-order chi connectivity index (χ1) is 11.5. The van der Waals surface area contributed by atoms with E-state index in [2.05, 4.69) is 5.32 Å². The minimum Gasteiger partial charge on any atom is -0.396 e. The van der Waals surface area contributed by atoms with Crippen molar-refractivity contribution in [1.82, 2.24) is 5.32 Å². The second-order valence-corrected chi connectivity index (χ2v) is 5.59. The molecule has 0 saturated heterocycles. The predicted molar refractivity (Wildman–Crippen MR) is 91.1 cm³/mol. The summed E-state index contributed by atoms with van der Waals surface area (Å²) < 4.78 is 0. The van der Waals surface area contributed by atoms with Crippen LogP contribution in [0.2, 0.25) is 0 Å². The molecule has 0 fully saturated rings. The molecule has 0 bridgehead atoms. The Morgan fingerprint density at radius 1 is 1.25 bits per heavy atom. The molecule has 24 heavy (non-hydrogen) atoms. The summed E-state index contributed by atoms with van der Waals surface area (Å²) in [6, 6.07) is 14.0. The van der Waals surface area contributed by atoms with Gasteiger partial charge in [-0.1, -0.05) is 36.4 Å². The molecule has 6 nitrogen and oxygen atoms in total. The number of carbonyl (C=O) groups is 1. The summed E-state index contributed by atoms with van der Waals surface area (Å²) in [5.41, 5.74) is 1.72. The maximum atomic E-state index is 12.3. The Morgan fingerprint density at radius 2 is 1.96 bits per heavy atom. The van der Waals surface area contributed by atoms with Gasteiger partial charge in [0.1, 0.15) is 0 Å². The molecule has 0 spiro atoms. The van der Waals surface area contributed by atoms with Crippen LogP contribution in [-0.4, -0.2) is 29.1 Å². The highest BCUT2D eigenvalue weighted by atomic mass is 16.6. The van der Waals surface area contributed by atoms with Gasteiger partial charge in [-0.05, 0) is 25.0 Å². The summed E-state index contributed by atoms with van der Waals surface area (Å²) in [5.74, 6) is -0.377. The first-order valence-electron chi connectivity index (χ1n) is 7.72. The topological polar surface area (TPSA) is 92.5 Å². The molecule has 0 aromatic heterocycles. The average molecular weight is 328 g/mol. The lowest BCUT2D eigenvalue weighted by atomic mass is 9.96. The standard InChI is InChI=1S/C18H20N2O4/c1-13-7-8-15(11-17(13)20(23)24)18(22)19-12-16(9-10-21)14-5-3-2-4-6-14/h2-8,11,16,21H,9-10,12H2,1H3,(H,19,22). The lowest BCUT2D eigenvalue weighted by Crippen LogP contribution is -2.29. The van der Waals surface area contributed by atoms with Gasteiger partial charge >= 0.3 is 0 Å². The lowest BCUT2D eigenvalue weighted by molar-refractivity contribution is -0.385. The molecule has 2 N–H and O–H groups in total. The molecule has 0 aliphatic rings. The van der Waals surface area contributed by atoms with E-state index in [9.17, 15) is 20.0 Å². The third-order valence-corrected chi connectivity index (χ3v) is 3.93. The number of rotatable bonds is 7. The fourth-order valence-electron chi connectivity index (χ4n) is 2.53. The van der Waals surface area contributed by atoms with Gasteiger partial charge in [-0.2, -0.15) is 0 Å². The molecule has 2 aromatic rings. The summed E-state index contributed by atoms with van der Waals surface area (Å²) in [7, 11) is 0. The Balaban J connectivity index is 2.08. The highest BCUT2D eigenvalue weighted by Crippen LogP contribution is 2.20. The minimum atomic E-state index is -0.495. The molecule has 1 unspecified atom stereocenters. The number of hydrogen-bond acceptors (Lipinski definition) is 4. The lowest BCUT2D eigenvalue weighted by Gasteiger charge is -2.17. The van der Waals surface area contributed by atoms with Crippen LogP contribution >= 0.6 is 0 Å². The molecule has 0 saturated carbocycles. The van der Waals surface area contributed by atoms with Crippen LogP contribution in [0, 0.1) is 17.0 Å². The molecule has 2 rings (SSSR count). The zero-order valence-electron chi connectivity index (χ0n) is 13.4.